The second-order valence-corrected chi connectivity index (χ2v) is 8.54. The van der Waals surface area contributed by atoms with E-state index in [1.807, 2.05) is 26.8 Å². The van der Waals surface area contributed by atoms with Gasteiger partial charge in [0.05, 0.1) is 5.60 Å². The van der Waals surface area contributed by atoms with Crippen LogP contribution in [-0.4, -0.2) is 36.3 Å². The van der Waals surface area contributed by atoms with Crippen molar-refractivity contribution in [3.05, 3.63) is 28.5 Å². The highest BCUT2D eigenvalue weighted by molar-refractivity contribution is 9.10. The highest BCUT2D eigenvalue weighted by Gasteiger charge is 2.53. The average molecular weight is 397 g/mol. The molecule has 132 valence electrons. The number of carbonyl (C=O) groups excluding carboxylic acids is 1. The van der Waals surface area contributed by atoms with Crippen LogP contribution in [0.1, 0.15) is 39.2 Å². The number of carbonyl (C=O) groups is 1. The lowest BCUT2D eigenvalue weighted by molar-refractivity contribution is -0.170. The third-order valence-corrected chi connectivity index (χ3v) is 5.55. The fourth-order valence-electron chi connectivity index (χ4n) is 4.04. The maximum absolute atomic E-state index is 12.2. The summed E-state index contributed by atoms with van der Waals surface area (Å²) < 4.78 is 12.7. The van der Waals surface area contributed by atoms with Crippen molar-refractivity contribution in [2.45, 2.75) is 44.8 Å². The quantitative estimate of drug-likeness (QED) is 0.792. The van der Waals surface area contributed by atoms with Crippen molar-refractivity contribution in [2.24, 2.45) is 11.8 Å². The van der Waals surface area contributed by atoms with Crippen molar-refractivity contribution in [3.8, 4) is 0 Å². The Balaban J connectivity index is 1.84. The lowest BCUT2D eigenvalue weighted by Crippen LogP contribution is -2.40. The molecule has 0 aromatic carbocycles. The molecule has 2 aliphatic rings. The number of hydrogen-bond acceptors (Lipinski definition) is 5. The van der Waals surface area contributed by atoms with Crippen LogP contribution in [0.4, 0.5) is 0 Å². The smallest absolute Gasteiger partial charge is 0.332 e. The Morgan fingerprint density at radius 1 is 1.46 bits per heavy atom. The molecule has 1 aliphatic heterocycles. The minimum absolute atomic E-state index is 0.0325. The fourth-order valence-corrected chi connectivity index (χ4v) is 4.62. The molecule has 3 atom stereocenters. The second-order valence-electron chi connectivity index (χ2n) is 7.68. The summed E-state index contributed by atoms with van der Waals surface area (Å²) in [6.45, 7) is 7.50. The van der Waals surface area contributed by atoms with Crippen molar-refractivity contribution in [3.63, 3.8) is 0 Å². The molecule has 0 bridgehead atoms. The molecule has 2 heterocycles. The van der Waals surface area contributed by atoms with Crippen molar-refractivity contribution in [2.75, 3.05) is 19.7 Å². The van der Waals surface area contributed by atoms with Crippen molar-refractivity contribution in [1.29, 1.82) is 0 Å². The van der Waals surface area contributed by atoms with Crippen molar-refractivity contribution >= 4 is 21.9 Å². The summed E-state index contributed by atoms with van der Waals surface area (Å²) in [4.78, 5) is 16.3. The van der Waals surface area contributed by atoms with Gasteiger partial charge in [-0.05, 0) is 68.1 Å². The van der Waals surface area contributed by atoms with Crippen LogP contribution < -0.4 is 5.32 Å². The van der Waals surface area contributed by atoms with E-state index < -0.39 is 11.2 Å². The summed E-state index contributed by atoms with van der Waals surface area (Å²) in [5.41, 5.74) is 0.113. The number of halogens is 1. The summed E-state index contributed by atoms with van der Waals surface area (Å²) in [5.74, 6) is 0.629. The first kappa shape index (κ1) is 17.8. The summed E-state index contributed by atoms with van der Waals surface area (Å²) in [7, 11) is 0. The summed E-state index contributed by atoms with van der Waals surface area (Å²) in [6, 6.07) is 2.00. The van der Waals surface area contributed by atoms with E-state index in [4.69, 9.17) is 9.47 Å². The number of fused-ring (bicyclic) bond motifs is 1. The zero-order valence-corrected chi connectivity index (χ0v) is 16.1. The molecule has 6 heteroatoms. The number of ether oxygens (including phenoxy) is 2. The van der Waals surface area contributed by atoms with Gasteiger partial charge in [0.25, 0.3) is 0 Å². The Kier molecular flexibility index (Phi) is 5.00. The van der Waals surface area contributed by atoms with Crippen LogP contribution in [0.25, 0.3) is 0 Å². The molecule has 3 unspecified atom stereocenters. The van der Waals surface area contributed by atoms with E-state index in [1.165, 1.54) is 0 Å². The lowest BCUT2D eigenvalue weighted by Gasteiger charge is -2.36. The Hall–Kier alpha value is -0.980. The van der Waals surface area contributed by atoms with Crippen LogP contribution in [0, 0.1) is 11.8 Å². The molecule has 1 saturated heterocycles. The molecule has 0 amide bonds. The molecule has 0 spiro atoms. The molecule has 24 heavy (non-hydrogen) atoms. The Labute approximate surface area is 151 Å². The third-order valence-electron chi connectivity index (χ3n) is 4.92. The summed E-state index contributed by atoms with van der Waals surface area (Å²) >= 11 is 3.62. The SMILES string of the molecule is CC(C)(C)OC(=O)COC1(c2ccncc2Br)CCC2CNCC21. The lowest BCUT2D eigenvalue weighted by atomic mass is 9.82. The van der Waals surface area contributed by atoms with E-state index in [9.17, 15) is 4.79 Å². The highest BCUT2D eigenvalue weighted by atomic mass is 79.9. The molecule has 1 N–H and O–H groups in total. The Bertz CT molecular complexity index is 617. The molecule has 3 rings (SSSR count). The highest BCUT2D eigenvalue weighted by Crippen LogP contribution is 2.52. The van der Waals surface area contributed by atoms with Gasteiger partial charge < -0.3 is 14.8 Å². The maximum atomic E-state index is 12.2. The maximum Gasteiger partial charge on any atom is 0.332 e. The van der Waals surface area contributed by atoms with E-state index >= 15 is 0 Å². The van der Waals surface area contributed by atoms with Gasteiger partial charge >= 0.3 is 5.97 Å². The van der Waals surface area contributed by atoms with E-state index in [1.54, 1.807) is 12.4 Å². The molecule has 5 nitrogen and oxygen atoms in total. The molecule has 2 fully saturated rings. The number of nitrogens with one attached hydrogen (secondary N) is 1. The molecule has 1 aliphatic carbocycles. The number of nitrogens with zero attached hydrogens (tertiary/aromatic N) is 1. The van der Waals surface area contributed by atoms with Gasteiger partial charge in [0.1, 0.15) is 12.2 Å². The number of rotatable bonds is 4. The van der Waals surface area contributed by atoms with Gasteiger partial charge in [0.15, 0.2) is 0 Å². The minimum Gasteiger partial charge on any atom is -0.458 e. The number of esters is 1. The van der Waals surface area contributed by atoms with Gasteiger partial charge in [-0.1, -0.05) is 0 Å². The molecule has 1 saturated carbocycles. The predicted octanol–water partition coefficient (Wildman–Crippen LogP) is 3.03. The second kappa shape index (κ2) is 6.73. The zero-order valence-electron chi connectivity index (χ0n) is 14.5. The van der Waals surface area contributed by atoms with Gasteiger partial charge in [-0.2, -0.15) is 0 Å². The topological polar surface area (TPSA) is 60.5 Å². The predicted molar refractivity (Wildman–Crippen MR) is 94.5 cm³/mol. The van der Waals surface area contributed by atoms with Crippen LogP contribution in [-0.2, 0) is 19.9 Å². The Morgan fingerprint density at radius 3 is 2.96 bits per heavy atom. The van der Waals surface area contributed by atoms with Crippen molar-refractivity contribution < 1.29 is 14.3 Å². The standard InChI is InChI=1S/C18H25BrN2O3/c1-17(2,3)24-16(22)11-23-18(13-5-7-20-10-15(13)19)6-4-12-8-21-9-14(12)18/h5,7,10,12,14,21H,4,6,8-9,11H2,1-3H3. The van der Waals surface area contributed by atoms with Crippen LogP contribution in [0.3, 0.4) is 0 Å². The van der Waals surface area contributed by atoms with Gasteiger partial charge in [-0.25, -0.2) is 4.79 Å². The minimum atomic E-state index is -0.502. The third kappa shape index (κ3) is 3.51. The van der Waals surface area contributed by atoms with E-state index in [-0.39, 0.29) is 12.6 Å². The molecule has 1 aromatic rings. The number of aromatic nitrogens is 1. The summed E-state index contributed by atoms with van der Waals surface area (Å²) in [6.07, 6.45) is 5.59. The average Bonchev–Trinajstić information content (AvgIpc) is 3.07. The Morgan fingerprint density at radius 2 is 2.25 bits per heavy atom. The summed E-state index contributed by atoms with van der Waals surface area (Å²) in [5, 5.41) is 3.47. The first-order chi connectivity index (χ1) is 11.3. The van der Waals surface area contributed by atoms with E-state index in [0.29, 0.717) is 11.8 Å². The molecular formula is C18H25BrN2O3. The normalized spacial score (nSPS) is 29.5. The van der Waals surface area contributed by atoms with Crippen LogP contribution in [0.5, 0.6) is 0 Å². The zero-order chi connectivity index (χ0) is 17.4. The fraction of sp³-hybridized carbons (Fsp3) is 0.667. The molecule has 0 radical (unpaired) electrons. The van der Waals surface area contributed by atoms with Gasteiger partial charge in [0.2, 0.25) is 0 Å². The van der Waals surface area contributed by atoms with Gasteiger partial charge in [-0.15, -0.1) is 0 Å². The van der Waals surface area contributed by atoms with Crippen molar-refractivity contribution in [1.82, 2.24) is 10.3 Å². The number of pyridine rings is 1. The van der Waals surface area contributed by atoms with Gasteiger partial charge in [0, 0.05) is 34.9 Å². The molecule has 1 aromatic heterocycles. The van der Waals surface area contributed by atoms with Gasteiger partial charge in [-0.3, -0.25) is 4.98 Å². The monoisotopic (exact) mass is 396 g/mol. The first-order valence-corrected chi connectivity index (χ1v) is 9.28. The van der Waals surface area contributed by atoms with Crippen LogP contribution in [0.2, 0.25) is 0 Å². The van der Waals surface area contributed by atoms with E-state index in [0.717, 1.165) is 36.0 Å². The first-order valence-electron chi connectivity index (χ1n) is 8.48. The van der Waals surface area contributed by atoms with Crippen LogP contribution >= 0.6 is 15.9 Å². The van der Waals surface area contributed by atoms with E-state index in [2.05, 4.69) is 26.2 Å². The number of hydrogen-bond donors (Lipinski definition) is 1. The van der Waals surface area contributed by atoms with Crippen LogP contribution in [0.15, 0.2) is 22.9 Å². The molecular weight excluding hydrogens is 372 g/mol. The largest absolute Gasteiger partial charge is 0.458 e.